The van der Waals surface area contributed by atoms with Crippen LogP contribution in [0.15, 0.2) is 0 Å². The summed E-state index contributed by atoms with van der Waals surface area (Å²) < 4.78 is 36.4. The molecular weight excluding hydrogens is 213 g/mol. The first-order chi connectivity index (χ1) is 6.64. The number of hydrogen-bond acceptors (Lipinski definition) is 2. The van der Waals surface area contributed by atoms with Crippen molar-refractivity contribution < 1.29 is 23.1 Å². The van der Waals surface area contributed by atoms with E-state index in [1.165, 1.54) is 7.05 Å². The maximum atomic E-state index is 12.1. The van der Waals surface area contributed by atoms with E-state index in [4.69, 9.17) is 10.8 Å². The molecule has 1 amide bonds. The smallest absolute Gasteiger partial charge is 0.407 e. The van der Waals surface area contributed by atoms with E-state index in [1.54, 1.807) is 0 Å². The van der Waals surface area contributed by atoms with Crippen LogP contribution >= 0.6 is 0 Å². The van der Waals surface area contributed by atoms with E-state index < -0.39 is 24.2 Å². The minimum absolute atomic E-state index is 0.101. The molecule has 0 aliphatic rings. The molecule has 0 bridgehead atoms. The lowest BCUT2D eigenvalue weighted by molar-refractivity contribution is -0.172. The van der Waals surface area contributed by atoms with Crippen molar-refractivity contribution in [3.05, 3.63) is 0 Å². The highest BCUT2D eigenvalue weighted by Gasteiger charge is 2.36. The zero-order valence-electron chi connectivity index (χ0n) is 8.58. The van der Waals surface area contributed by atoms with Gasteiger partial charge in [-0.2, -0.15) is 13.2 Å². The Labute approximate surface area is 85.8 Å². The standard InChI is InChI=1S/C8H15F3N2O2/c1-5(8(9,10)11)3-6(12)4-13(2)7(14)15/h5-6H,3-4,12H2,1-2H3,(H,14,15). The van der Waals surface area contributed by atoms with E-state index >= 15 is 0 Å². The third kappa shape index (κ3) is 5.46. The highest BCUT2D eigenvalue weighted by molar-refractivity contribution is 5.64. The quantitative estimate of drug-likeness (QED) is 0.766. The van der Waals surface area contributed by atoms with E-state index in [9.17, 15) is 18.0 Å². The average molecular weight is 228 g/mol. The molecule has 2 unspecified atom stereocenters. The van der Waals surface area contributed by atoms with Gasteiger partial charge in [0.15, 0.2) is 0 Å². The van der Waals surface area contributed by atoms with Crippen molar-refractivity contribution in [2.24, 2.45) is 11.7 Å². The van der Waals surface area contributed by atoms with Crippen LogP contribution in [-0.2, 0) is 0 Å². The molecule has 0 heterocycles. The molecule has 0 fully saturated rings. The van der Waals surface area contributed by atoms with Crippen LogP contribution in [0.25, 0.3) is 0 Å². The van der Waals surface area contributed by atoms with Gasteiger partial charge in [-0.25, -0.2) is 4.79 Å². The maximum absolute atomic E-state index is 12.1. The molecule has 0 aromatic heterocycles. The second kappa shape index (κ2) is 5.20. The number of hydrogen-bond donors (Lipinski definition) is 2. The molecule has 15 heavy (non-hydrogen) atoms. The largest absolute Gasteiger partial charge is 0.465 e. The summed E-state index contributed by atoms with van der Waals surface area (Å²) in [6, 6.07) is -0.803. The number of nitrogens with zero attached hydrogens (tertiary/aromatic N) is 1. The number of likely N-dealkylation sites (N-methyl/N-ethyl adjacent to an activating group) is 1. The van der Waals surface area contributed by atoms with Gasteiger partial charge in [0.05, 0.1) is 5.92 Å². The topological polar surface area (TPSA) is 66.6 Å². The van der Waals surface area contributed by atoms with E-state index in [0.29, 0.717) is 0 Å². The third-order valence-corrected chi connectivity index (χ3v) is 2.05. The molecule has 0 aliphatic heterocycles. The average Bonchev–Trinajstić information content (AvgIpc) is 2.01. The molecule has 4 nitrogen and oxygen atoms in total. The fourth-order valence-electron chi connectivity index (χ4n) is 1.09. The van der Waals surface area contributed by atoms with E-state index in [-0.39, 0.29) is 13.0 Å². The molecule has 0 aromatic carbocycles. The Morgan fingerprint density at radius 2 is 2.00 bits per heavy atom. The summed E-state index contributed by atoms with van der Waals surface area (Å²) in [5.74, 6) is -1.52. The van der Waals surface area contributed by atoms with Gasteiger partial charge in [0.1, 0.15) is 0 Å². The van der Waals surface area contributed by atoms with Gasteiger partial charge in [-0.05, 0) is 6.42 Å². The van der Waals surface area contributed by atoms with E-state index in [2.05, 4.69) is 0 Å². The Morgan fingerprint density at radius 3 is 2.33 bits per heavy atom. The molecule has 2 atom stereocenters. The first-order valence-electron chi connectivity index (χ1n) is 4.41. The fourth-order valence-corrected chi connectivity index (χ4v) is 1.09. The van der Waals surface area contributed by atoms with Crippen molar-refractivity contribution in [3.8, 4) is 0 Å². The molecule has 0 saturated heterocycles. The van der Waals surface area contributed by atoms with Crippen molar-refractivity contribution in [2.45, 2.75) is 25.6 Å². The zero-order chi connectivity index (χ0) is 12.2. The van der Waals surface area contributed by atoms with Gasteiger partial charge in [0.25, 0.3) is 0 Å². The van der Waals surface area contributed by atoms with Crippen molar-refractivity contribution in [3.63, 3.8) is 0 Å². The Bertz CT molecular complexity index is 220. The van der Waals surface area contributed by atoms with Crippen LogP contribution in [0.2, 0.25) is 0 Å². The lowest BCUT2D eigenvalue weighted by atomic mass is 10.0. The van der Waals surface area contributed by atoms with Gasteiger partial charge >= 0.3 is 12.3 Å². The van der Waals surface area contributed by atoms with Gasteiger partial charge in [-0.15, -0.1) is 0 Å². The summed E-state index contributed by atoms with van der Waals surface area (Å²) in [5.41, 5.74) is 5.40. The van der Waals surface area contributed by atoms with Gasteiger partial charge in [-0.1, -0.05) is 6.92 Å². The Morgan fingerprint density at radius 1 is 1.53 bits per heavy atom. The minimum Gasteiger partial charge on any atom is -0.465 e. The molecular formula is C8H15F3N2O2. The SMILES string of the molecule is CC(CC(N)CN(C)C(=O)O)C(F)(F)F. The second-order valence-electron chi connectivity index (χ2n) is 3.60. The summed E-state index contributed by atoms with van der Waals surface area (Å²) in [6.07, 6.45) is -5.76. The van der Waals surface area contributed by atoms with Gasteiger partial charge in [0.2, 0.25) is 0 Å². The first kappa shape index (κ1) is 14.0. The molecule has 0 saturated carbocycles. The number of alkyl halides is 3. The first-order valence-corrected chi connectivity index (χ1v) is 4.41. The number of halogens is 3. The Balaban J connectivity index is 4.04. The summed E-state index contributed by atoms with van der Waals surface area (Å²) in [6.45, 7) is 0.927. The number of amides is 1. The van der Waals surface area contributed by atoms with Crippen LogP contribution < -0.4 is 5.73 Å². The third-order valence-electron chi connectivity index (χ3n) is 2.05. The summed E-state index contributed by atoms with van der Waals surface area (Å²) in [4.78, 5) is 11.2. The normalized spacial score (nSPS) is 15.9. The fraction of sp³-hybridized carbons (Fsp3) is 0.875. The van der Waals surface area contributed by atoms with Gasteiger partial charge in [0, 0.05) is 19.6 Å². The molecule has 0 aliphatic carbocycles. The monoisotopic (exact) mass is 228 g/mol. The van der Waals surface area contributed by atoms with Crippen LogP contribution in [-0.4, -0.2) is 41.9 Å². The van der Waals surface area contributed by atoms with Crippen LogP contribution in [0.4, 0.5) is 18.0 Å². The molecule has 7 heteroatoms. The second-order valence-corrected chi connectivity index (χ2v) is 3.60. The maximum Gasteiger partial charge on any atom is 0.407 e. The number of carboxylic acid groups (broad SMARTS) is 1. The summed E-state index contributed by atoms with van der Waals surface area (Å²) in [5, 5.41) is 8.47. The Kier molecular flexibility index (Phi) is 4.86. The van der Waals surface area contributed by atoms with Crippen molar-refractivity contribution in [1.29, 1.82) is 0 Å². The molecule has 3 N–H and O–H groups in total. The molecule has 0 aromatic rings. The highest BCUT2D eigenvalue weighted by atomic mass is 19.4. The van der Waals surface area contributed by atoms with Crippen LogP contribution in [0.3, 0.4) is 0 Å². The zero-order valence-corrected chi connectivity index (χ0v) is 8.58. The van der Waals surface area contributed by atoms with E-state index in [1.807, 2.05) is 0 Å². The van der Waals surface area contributed by atoms with Crippen LogP contribution in [0.1, 0.15) is 13.3 Å². The lowest BCUT2D eigenvalue weighted by Gasteiger charge is -2.22. The van der Waals surface area contributed by atoms with Crippen molar-refractivity contribution in [2.75, 3.05) is 13.6 Å². The molecule has 0 spiro atoms. The molecule has 90 valence electrons. The number of rotatable bonds is 4. The van der Waals surface area contributed by atoms with Crippen LogP contribution in [0.5, 0.6) is 0 Å². The highest BCUT2D eigenvalue weighted by Crippen LogP contribution is 2.28. The Hall–Kier alpha value is -0.980. The minimum atomic E-state index is -4.28. The summed E-state index contributed by atoms with van der Waals surface area (Å²) >= 11 is 0. The number of carbonyl (C=O) groups is 1. The molecule has 0 radical (unpaired) electrons. The van der Waals surface area contributed by atoms with Crippen molar-refractivity contribution >= 4 is 6.09 Å². The predicted octanol–water partition coefficient (Wildman–Crippen LogP) is 1.51. The number of nitrogens with two attached hydrogens (primary N) is 1. The lowest BCUT2D eigenvalue weighted by Crippen LogP contribution is -2.40. The molecule has 0 rings (SSSR count). The predicted molar refractivity (Wildman–Crippen MR) is 48.5 cm³/mol. The van der Waals surface area contributed by atoms with Gasteiger partial charge < -0.3 is 15.7 Å². The van der Waals surface area contributed by atoms with Crippen molar-refractivity contribution in [1.82, 2.24) is 4.90 Å². The van der Waals surface area contributed by atoms with Crippen LogP contribution in [0, 0.1) is 5.92 Å². The van der Waals surface area contributed by atoms with Gasteiger partial charge in [-0.3, -0.25) is 0 Å². The summed E-state index contributed by atoms with van der Waals surface area (Å²) in [7, 11) is 1.26. The van der Waals surface area contributed by atoms with E-state index in [0.717, 1.165) is 11.8 Å².